The van der Waals surface area contributed by atoms with E-state index >= 15 is 0 Å². The third-order valence-corrected chi connectivity index (χ3v) is 6.87. The van der Waals surface area contributed by atoms with Gasteiger partial charge in [-0.3, -0.25) is 4.79 Å². The van der Waals surface area contributed by atoms with E-state index in [0.717, 1.165) is 42.6 Å². The summed E-state index contributed by atoms with van der Waals surface area (Å²) in [4.78, 5) is 28.8. The van der Waals surface area contributed by atoms with Crippen LogP contribution in [0, 0.1) is 5.92 Å². The fraction of sp³-hybridized carbons (Fsp3) is 0.440. The molecule has 0 radical (unpaired) electrons. The summed E-state index contributed by atoms with van der Waals surface area (Å²) < 4.78 is 2.16. The number of H-pyrrole nitrogens is 1. The first-order valence-corrected chi connectivity index (χ1v) is 11.5. The summed E-state index contributed by atoms with van der Waals surface area (Å²) in [6.45, 7) is 5.93. The highest BCUT2D eigenvalue weighted by Gasteiger charge is 2.22. The van der Waals surface area contributed by atoms with Gasteiger partial charge >= 0.3 is 5.97 Å². The summed E-state index contributed by atoms with van der Waals surface area (Å²) in [6, 6.07) is 7.99. The van der Waals surface area contributed by atoms with E-state index in [9.17, 15) is 19.8 Å². The molecule has 8 nitrogen and oxygen atoms in total. The average Bonchev–Trinajstić information content (AvgIpc) is 3.09. The van der Waals surface area contributed by atoms with Crippen molar-refractivity contribution in [2.45, 2.75) is 32.7 Å². The monoisotopic (exact) mass is 452 g/mol. The van der Waals surface area contributed by atoms with Gasteiger partial charge in [-0.25, -0.2) is 4.79 Å². The van der Waals surface area contributed by atoms with Crippen LogP contribution in [0.15, 0.2) is 29.1 Å². The Morgan fingerprint density at radius 1 is 1.21 bits per heavy atom. The molecule has 4 rings (SSSR count). The summed E-state index contributed by atoms with van der Waals surface area (Å²) in [5.41, 5.74) is 2.43. The van der Waals surface area contributed by atoms with Crippen LogP contribution in [0.3, 0.4) is 0 Å². The van der Waals surface area contributed by atoms with Gasteiger partial charge in [-0.05, 0) is 75.6 Å². The maximum atomic E-state index is 12.3. The number of nitrogens with one attached hydrogen (secondary N) is 2. The highest BCUT2D eigenvalue weighted by atomic mass is 16.4. The van der Waals surface area contributed by atoms with Crippen molar-refractivity contribution in [3.63, 3.8) is 0 Å². The molecule has 1 saturated heterocycles. The first-order valence-electron chi connectivity index (χ1n) is 11.5. The summed E-state index contributed by atoms with van der Waals surface area (Å²) in [6.07, 6.45) is 2.85. The zero-order valence-electron chi connectivity index (χ0n) is 19.4. The number of carbonyl (C=O) groups is 1. The largest absolute Gasteiger partial charge is 0.506 e. The molecule has 1 aliphatic rings. The zero-order valence-corrected chi connectivity index (χ0v) is 19.4. The van der Waals surface area contributed by atoms with Gasteiger partial charge in [0, 0.05) is 35.8 Å². The number of benzene rings is 1. The van der Waals surface area contributed by atoms with Crippen molar-refractivity contribution in [1.29, 1.82) is 0 Å². The number of piperidine rings is 1. The van der Waals surface area contributed by atoms with E-state index < -0.39 is 22.8 Å². The molecule has 0 aliphatic carbocycles. The summed E-state index contributed by atoms with van der Waals surface area (Å²) >= 11 is 0. The van der Waals surface area contributed by atoms with Gasteiger partial charge in [0.1, 0.15) is 5.75 Å². The van der Waals surface area contributed by atoms with E-state index in [4.69, 9.17) is 0 Å². The molecule has 4 N–H and O–H groups in total. The van der Waals surface area contributed by atoms with E-state index in [1.54, 1.807) is 0 Å². The Hall–Kier alpha value is -3.10. The number of aromatic amines is 1. The van der Waals surface area contributed by atoms with Gasteiger partial charge in [-0.1, -0.05) is 13.0 Å². The lowest BCUT2D eigenvalue weighted by atomic mass is 9.97. The number of carboxylic acids is 1. The second-order valence-corrected chi connectivity index (χ2v) is 9.04. The number of hydrogen-bond donors (Lipinski definition) is 4. The van der Waals surface area contributed by atoms with Gasteiger partial charge in [-0.15, -0.1) is 0 Å². The number of carboxylic acid groups (broad SMARTS) is 1. The zero-order chi connectivity index (χ0) is 23.7. The molecule has 0 unspecified atom stereocenters. The van der Waals surface area contributed by atoms with Crippen molar-refractivity contribution in [3.05, 3.63) is 51.4 Å². The highest BCUT2D eigenvalue weighted by molar-refractivity contribution is 5.92. The molecule has 33 heavy (non-hydrogen) atoms. The van der Waals surface area contributed by atoms with Crippen molar-refractivity contribution in [1.82, 2.24) is 19.8 Å². The van der Waals surface area contributed by atoms with E-state index in [1.807, 2.05) is 32.2 Å². The summed E-state index contributed by atoms with van der Waals surface area (Å²) in [5, 5.41) is 24.4. The van der Waals surface area contributed by atoms with E-state index in [0.29, 0.717) is 23.6 Å². The summed E-state index contributed by atoms with van der Waals surface area (Å²) in [7, 11) is 4.22. The Labute approximate surface area is 192 Å². The van der Waals surface area contributed by atoms with E-state index in [1.165, 1.54) is 18.5 Å². The quantitative estimate of drug-likeness (QED) is 0.439. The minimum atomic E-state index is -1.44. The van der Waals surface area contributed by atoms with Crippen LogP contribution in [0.1, 0.15) is 41.4 Å². The molecule has 1 aromatic carbocycles. The maximum absolute atomic E-state index is 12.3. The Balaban J connectivity index is 1.59. The van der Waals surface area contributed by atoms with Crippen LogP contribution in [0.2, 0.25) is 0 Å². The van der Waals surface area contributed by atoms with E-state index in [2.05, 4.69) is 32.9 Å². The number of aryl methyl sites for hydroxylation is 1. The SMILES string of the molecule is CCc1c(-c2ccc3c(c2)cc(CNCC2CCN(C)CC2)n3C)[nH]c(=O)c(C(=O)O)c1O. The normalized spacial score (nSPS) is 15.4. The molecule has 0 atom stereocenters. The molecule has 176 valence electrons. The second-order valence-electron chi connectivity index (χ2n) is 9.04. The van der Waals surface area contributed by atoms with Crippen LogP contribution in [-0.2, 0) is 20.0 Å². The molecular weight excluding hydrogens is 420 g/mol. The Morgan fingerprint density at radius 2 is 1.94 bits per heavy atom. The average molecular weight is 453 g/mol. The number of fused-ring (bicyclic) bond motifs is 1. The molecule has 3 heterocycles. The number of aromatic carboxylic acids is 1. The minimum absolute atomic E-state index is 0.386. The Bertz CT molecular complexity index is 1240. The molecule has 0 saturated carbocycles. The maximum Gasteiger partial charge on any atom is 0.345 e. The Kier molecular flexibility index (Phi) is 6.58. The molecule has 1 fully saturated rings. The van der Waals surface area contributed by atoms with Gasteiger partial charge < -0.3 is 30.0 Å². The lowest BCUT2D eigenvalue weighted by Crippen LogP contribution is -2.34. The summed E-state index contributed by atoms with van der Waals surface area (Å²) in [5.74, 6) is -1.19. The molecule has 1 aliphatic heterocycles. The first-order chi connectivity index (χ1) is 15.8. The number of hydrogen-bond acceptors (Lipinski definition) is 5. The second kappa shape index (κ2) is 9.41. The predicted molar refractivity (Wildman–Crippen MR) is 129 cm³/mol. The molecule has 2 aromatic heterocycles. The standard InChI is InChI=1S/C25H32N4O4/c1-4-19-22(27-24(31)21(23(19)30)25(32)33)16-5-6-20-17(11-16)12-18(29(20)3)14-26-13-15-7-9-28(2)10-8-15/h5-6,11-12,15,26H,4,7-10,13-14H2,1-3H3,(H,32,33)(H2,27,30,31). The van der Waals surface area contributed by atoms with Crippen LogP contribution in [0.5, 0.6) is 5.75 Å². The molecular formula is C25H32N4O4. The van der Waals surface area contributed by atoms with Gasteiger partial charge in [0.05, 0.1) is 5.69 Å². The van der Waals surface area contributed by atoms with Gasteiger partial charge in [0.2, 0.25) is 0 Å². The predicted octanol–water partition coefficient (Wildman–Crippen LogP) is 2.93. The number of pyridine rings is 1. The fourth-order valence-corrected chi connectivity index (χ4v) is 4.82. The number of likely N-dealkylation sites (tertiary alicyclic amines) is 1. The third-order valence-electron chi connectivity index (χ3n) is 6.87. The molecule has 8 heteroatoms. The smallest absolute Gasteiger partial charge is 0.345 e. The molecule has 0 amide bonds. The van der Waals surface area contributed by atoms with Crippen molar-refractivity contribution in [3.8, 4) is 17.0 Å². The van der Waals surface area contributed by atoms with Crippen LogP contribution < -0.4 is 10.9 Å². The lowest BCUT2D eigenvalue weighted by Gasteiger charge is -2.29. The van der Waals surface area contributed by atoms with Crippen molar-refractivity contribution < 1.29 is 15.0 Å². The van der Waals surface area contributed by atoms with Crippen LogP contribution >= 0.6 is 0 Å². The molecule has 0 spiro atoms. The number of aromatic hydroxyl groups is 1. The lowest BCUT2D eigenvalue weighted by molar-refractivity contribution is 0.0691. The van der Waals surface area contributed by atoms with Crippen LogP contribution in [-0.4, -0.2) is 57.3 Å². The van der Waals surface area contributed by atoms with Crippen molar-refractivity contribution >= 4 is 16.9 Å². The number of aromatic nitrogens is 2. The number of nitrogens with zero attached hydrogens (tertiary/aromatic N) is 2. The van der Waals surface area contributed by atoms with E-state index in [-0.39, 0.29) is 0 Å². The van der Waals surface area contributed by atoms with Crippen LogP contribution in [0.25, 0.3) is 22.2 Å². The van der Waals surface area contributed by atoms with Crippen molar-refractivity contribution in [2.75, 3.05) is 26.7 Å². The number of rotatable bonds is 7. The van der Waals surface area contributed by atoms with Crippen molar-refractivity contribution in [2.24, 2.45) is 13.0 Å². The van der Waals surface area contributed by atoms with Gasteiger partial charge in [0.15, 0.2) is 5.56 Å². The first kappa shape index (κ1) is 23.1. The Morgan fingerprint density at radius 3 is 2.61 bits per heavy atom. The molecule has 3 aromatic rings. The topological polar surface area (TPSA) is 111 Å². The third kappa shape index (κ3) is 4.54. The fourth-order valence-electron chi connectivity index (χ4n) is 4.82. The van der Waals surface area contributed by atoms with Crippen LogP contribution in [0.4, 0.5) is 0 Å². The minimum Gasteiger partial charge on any atom is -0.506 e. The van der Waals surface area contributed by atoms with Gasteiger partial charge in [0.25, 0.3) is 5.56 Å². The highest BCUT2D eigenvalue weighted by Crippen LogP contribution is 2.32. The molecule has 0 bridgehead atoms. The van der Waals surface area contributed by atoms with Gasteiger partial charge in [-0.2, -0.15) is 0 Å².